The van der Waals surface area contributed by atoms with Gasteiger partial charge in [-0.25, -0.2) is 4.79 Å². The van der Waals surface area contributed by atoms with Crippen molar-refractivity contribution in [1.82, 2.24) is 5.32 Å². The lowest BCUT2D eigenvalue weighted by Crippen LogP contribution is -2.42. The van der Waals surface area contributed by atoms with Crippen LogP contribution in [0.15, 0.2) is 0 Å². The Kier molecular flexibility index (Phi) is 7.13. The molecule has 4 heteroatoms. The van der Waals surface area contributed by atoms with Crippen LogP contribution in [0.5, 0.6) is 0 Å². The Bertz CT molecular complexity index is 179. The van der Waals surface area contributed by atoms with Crippen LogP contribution < -0.4 is 11.1 Å². The van der Waals surface area contributed by atoms with Crippen molar-refractivity contribution >= 4 is 6.09 Å². The summed E-state index contributed by atoms with van der Waals surface area (Å²) in [5.74, 6) is 0.462. The highest BCUT2D eigenvalue weighted by molar-refractivity contribution is 5.67. The third-order valence-corrected chi connectivity index (χ3v) is 2.48. The first-order valence-electron chi connectivity index (χ1n) is 5.71. The van der Waals surface area contributed by atoms with Crippen molar-refractivity contribution in [2.45, 2.75) is 52.7 Å². The molecule has 0 radical (unpaired) electrons. The maximum absolute atomic E-state index is 11.2. The molecule has 1 unspecified atom stereocenters. The highest BCUT2D eigenvalue weighted by Gasteiger charge is 2.15. The van der Waals surface area contributed by atoms with Gasteiger partial charge in [0.05, 0.1) is 6.10 Å². The number of alkyl carbamates (subject to hydrolysis) is 1. The van der Waals surface area contributed by atoms with E-state index in [-0.39, 0.29) is 18.2 Å². The lowest BCUT2D eigenvalue weighted by molar-refractivity contribution is 0.114. The van der Waals surface area contributed by atoms with Crippen molar-refractivity contribution in [3.63, 3.8) is 0 Å². The molecule has 0 spiro atoms. The number of carbonyl (C=O) groups excluding carboxylic acids is 1. The molecule has 0 aliphatic rings. The zero-order chi connectivity index (χ0) is 11.8. The molecule has 1 atom stereocenters. The van der Waals surface area contributed by atoms with Gasteiger partial charge in [-0.1, -0.05) is 26.7 Å². The molecule has 0 saturated heterocycles. The molecule has 15 heavy (non-hydrogen) atoms. The molecule has 0 aromatic heterocycles. The highest BCUT2D eigenvalue weighted by Crippen LogP contribution is 2.10. The third kappa shape index (κ3) is 6.33. The number of rotatable bonds is 6. The number of hydrogen-bond donors (Lipinski definition) is 2. The molecule has 90 valence electrons. The standard InChI is InChI=1S/C11H24N2O2/c1-5-9(6-2)10(12)7-13-11(14)15-8(3)4/h8-10H,5-7,12H2,1-4H3,(H,13,14). The molecule has 1 amide bonds. The molecule has 0 aliphatic heterocycles. The Morgan fingerprint density at radius 2 is 1.87 bits per heavy atom. The number of ether oxygens (including phenoxy) is 1. The van der Waals surface area contributed by atoms with Crippen LogP contribution in [0.3, 0.4) is 0 Å². The Morgan fingerprint density at radius 1 is 1.33 bits per heavy atom. The van der Waals surface area contributed by atoms with Gasteiger partial charge in [0.2, 0.25) is 0 Å². The van der Waals surface area contributed by atoms with Gasteiger partial charge in [0.25, 0.3) is 0 Å². The molecule has 0 rings (SSSR count). The largest absolute Gasteiger partial charge is 0.447 e. The van der Waals surface area contributed by atoms with E-state index in [2.05, 4.69) is 19.2 Å². The van der Waals surface area contributed by atoms with Crippen LogP contribution >= 0.6 is 0 Å². The predicted octanol–water partition coefficient (Wildman–Crippen LogP) is 1.88. The van der Waals surface area contributed by atoms with Crippen molar-refractivity contribution in [1.29, 1.82) is 0 Å². The minimum Gasteiger partial charge on any atom is -0.447 e. The summed E-state index contributed by atoms with van der Waals surface area (Å²) in [6, 6.07) is 0.0136. The van der Waals surface area contributed by atoms with Crippen LogP contribution in [0.2, 0.25) is 0 Å². The summed E-state index contributed by atoms with van der Waals surface area (Å²) in [5, 5.41) is 2.68. The molecule has 0 saturated carbocycles. The summed E-state index contributed by atoms with van der Waals surface area (Å²) < 4.78 is 4.94. The first-order chi connectivity index (χ1) is 7.01. The second-order valence-electron chi connectivity index (χ2n) is 4.08. The summed E-state index contributed by atoms with van der Waals surface area (Å²) in [6.07, 6.45) is 1.61. The number of nitrogens with one attached hydrogen (secondary N) is 1. The molecule has 0 aromatic rings. The van der Waals surface area contributed by atoms with Crippen molar-refractivity contribution < 1.29 is 9.53 Å². The lowest BCUT2D eigenvalue weighted by Gasteiger charge is -2.21. The lowest BCUT2D eigenvalue weighted by atomic mass is 9.95. The van der Waals surface area contributed by atoms with E-state index in [0.29, 0.717) is 12.5 Å². The van der Waals surface area contributed by atoms with Crippen LogP contribution in [0.25, 0.3) is 0 Å². The molecule has 4 nitrogen and oxygen atoms in total. The van der Waals surface area contributed by atoms with Gasteiger partial charge >= 0.3 is 6.09 Å². The van der Waals surface area contributed by atoms with Crippen molar-refractivity contribution in [3.8, 4) is 0 Å². The fourth-order valence-corrected chi connectivity index (χ4v) is 1.52. The Hall–Kier alpha value is -0.770. The summed E-state index contributed by atoms with van der Waals surface area (Å²) in [4.78, 5) is 11.2. The van der Waals surface area contributed by atoms with Crippen molar-refractivity contribution in [2.24, 2.45) is 11.7 Å². The van der Waals surface area contributed by atoms with E-state index < -0.39 is 0 Å². The van der Waals surface area contributed by atoms with Crippen molar-refractivity contribution in [2.75, 3.05) is 6.54 Å². The quantitative estimate of drug-likeness (QED) is 0.712. The number of hydrogen-bond acceptors (Lipinski definition) is 3. The normalized spacial score (nSPS) is 13.0. The van der Waals surface area contributed by atoms with Crippen LogP contribution in [0.4, 0.5) is 4.79 Å². The van der Waals surface area contributed by atoms with Gasteiger partial charge in [0.15, 0.2) is 0 Å². The molecule has 0 aromatic carbocycles. The van der Waals surface area contributed by atoms with E-state index in [9.17, 15) is 4.79 Å². The van der Waals surface area contributed by atoms with Gasteiger partial charge < -0.3 is 15.8 Å². The summed E-state index contributed by atoms with van der Waals surface area (Å²) in [5.41, 5.74) is 5.95. The summed E-state index contributed by atoms with van der Waals surface area (Å²) in [6.45, 7) is 8.35. The third-order valence-electron chi connectivity index (χ3n) is 2.48. The second kappa shape index (κ2) is 7.51. The Labute approximate surface area is 92.6 Å². The van der Waals surface area contributed by atoms with Gasteiger partial charge in [-0.15, -0.1) is 0 Å². The first kappa shape index (κ1) is 14.2. The zero-order valence-corrected chi connectivity index (χ0v) is 10.2. The first-order valence-corrected chi connectivity index (χ1v) is 5.71. The van der Waals surface area contributed by atoms with Crippen LogP contribution in [0, 0.1) is 5.92 Å². The van der Waals surface area contributed by atoms with E-state index in [4.69, 9.17) is 10.5 Å². The SMILES string of the molecule is CCC(CC)C(N)CNC(=O)OC(C)C. The van der Waals surface area contributed by atoms with Gasteiger partial charge in [-0.2, -0.15) is 0 Å². The molecule has 0 aliphatic carbocycles. The maximum atomic E-state index is 11.2. The van der Waals surface area contributed by atoms with E-state index in [1.54, 1.807) is 0 Å². The number of amides is 1. The van der Waals surface area contributed by atoms with Gasteiger partial charge in [0, 0.05) is 12.6 Å². The number of carbonyl (C=O) groups is 1. The van der Waals surface area contributed by atoms with Crippen LogP contribution in [-0.4, -0.2) is 24.8 Å². The van der Waals surface area contributed by atoms with E-state index >= 15 is 0 Å². The van der Waals surface area contributed by atoms with E-state index in [0.717, 1.165) is 12.8 Å². The monoisotopic (exact) mass is 216 g/mol. The molecule has 3 N–H and O–H groups in total. The highest BCUT2D eigenvalue weighted by atomic mass is 16.6. The predicted molar refractivity (Wildman–Crippen MR) is 61.7 cm³/mol. The zero-order valence-electron chi connectivity index (χ0n) is 10.2. The van der Waals surface area contributed by atoms with E-state index in [1.165, 1.54) is 0 Å². The average molecular weight is 216 g/mol. The molecule has 0 heterocycles. The maximum Gasteiger partial charge on any atom is 0.407 e. The fraction of sp³-hybridized carbons (Fsp3) is 0.909. The van der Waals surface area contributed by atoms with Crippen LogP contribution in [0.1, 0.15) is 40.5 Å². The minimum atomic E-state index is -0.383. The van der Waals surface area contributed by atoms with Gasteiger partial charge in [0.1, 0.15) is 0 Å². The van der Waals surface area contributed by atoms with Gasteiger partial charge in [-0.05, 0) is 19.8 Å². The molecular formula is C11H24N2O2. The van der Waals surface area contributed by atoms with Crippen molar-refractivity contribution in [3.05, 3.63) is 0 Å². The van der Waals surface area contributed by atoms with Crippen LogP contribution in [-0.2, 0) is 4.74 Å². The number of nitrogens with two attached hydrogens (primary N) is 1. The minimum absolute atomic E-state index is 0.0136. The second-order valence-corrected chi connectivity index (χ2v) is 4.08. The smallest absolute Gasteiger partial charge is 0.407 e. The topological polar surface area (TPSA) is 64.3 Å². The van der Waals surface area contributed by atoms with Gasteiger partial charge in [-0.3, -0.25) is 0 Å². The Balaban J connectivity index is 3.78. The Morgan fingerprint density at radius 3 is 2.27 bits per heavy atom. The molecule has 0 bridgehead atoms. The van der Waals surface area contributed by atoms with E-state index in [1.807, 2.05) is 13.8 Å². The summed E-state index contributed by atoms with van der Waals surface area (Å²) >= 11 is 0. The average Bonchev–Trinajstić information content (AvgIpc) is 2.15. The molecular weight excluding hydrogens is 192 g/mol. The molecule has 0 fully saturated rings. The summed E-state index contributed by atoms with van der Waals surface area (Å²) in [7, 11) is 0. The fourth-order valence-electron chi connectivity index (χ4n) is 1.52.